The van der Waals surface area contributed by atoms with E-state index in [9.17, 15) is 4.79 Å². The summed E-state index contributed by atoms with van der Waals surface area (Å²) in [6.45, 7) is 3.57. The van der Waals surface area contributed by atoms with Gasteiger partial charge in [0.1, 0.15) is 0 Å². The smallest absolute Gasteiger partial charge is 0.262 e. The summed E-state index contributed by atoms with van der Waals surface area (Å²) in [4.78, 5) is 23.5. The standard InChI is InChI=1S/C21H28N4O5/c1-14-10-19(24-21(22-14)25-8-6-5-7-9-25)30-13-18(26)23-15-11-16(27-2)20(29-4)17(12-15)28-3/h10-12H,5-9,13H2,1-4H3,(H,23,26). The number of nitrogens with one attached hydrogen (secondary N) is 1. The Morgan fingerprint density at radius 3 is 2.27 bits per heavy atom. The molecule has 1 aliphatic heterocycles. The second-order valence-electron chi connectivity index (χ2n) is 6.95. The number of ether oxygens (including phenoxy) is 4. The number of anilines is 2. The Kier molecular flexibility index (Phi) is 7.16. The number of methoxy groups -OCH3 is 3. The van der Waals surface area contributed by atoms with E-state index in [4.69, 9.17) is 18.9 Å². The quantitative estimate of drug-likeness (QED) is 0.702. The van der Waals surface area contributed by atoms with Crippen LogP contribution in [0.4, 0.5) is 11.6 Å². The molecule has 1 fully saturated rings. The van der Waals surface area contributed by atoms with Crippen LogP contribution >= 0.6 is 0 Å². The van der Waals surface area contributed by atoms with E-state index in [0.29, 0.717) is 34.8 Å². The van der Waals surface area contributed by atoms with Gasteiger partial charge in [-0.05, 0) is 26.2 Å². The van der Waals surface area contributed by atoms with Crippen molar-refractivity contribution in [2.24, 2.45) is 0 Å². The minimum Gasteiger partial charge on any atom is -0.493 e. The molecule has 9 heteroatoms. The van der Waals surface area contributed by atoms with Gasteiger partial charge in [0.05, 0.1) is 21.3 Å². The fraction of sp³-hybridized carbons (Fsp3) is 0.476. The van der Waals surface area contributed by atoms with Crippen molar-refractivity contribution < 1.29 is 23.7 Å². The van der Waals surface area contributed by atoms with Gasteiger partial charge in [-0.15, -0.1) is 0 Å². The van der Waals surface area contributed by atoms with Gasteiger partial charge in [0.2, 0.25) is 17.6 Å². The molecule has 162 valence electrons. The summed E-state index contributed by atoms with van der Waals surface area (Å²) in [5, 5.41) is 2.77. The highest BCUT2D eigenvalue weighted by atomic mass is 16.5. The Labute approximate surface area is 176 Å². The second-order valence-corrected chi connectivity index (χ2v) is 6.95. The summed E-state index contributed by atoms with van der Waals surface area (Å²) in [5.41, 5.74) is 1.30. The second kappa shape index (κ2) is 10.00. The molecule has 0 aliphatic carbocycles. The van der Waals surface area contributed by atoms with E-state index in [1.54, 1.807) is 18.2 Å². The van der Waals surface area contributed by atoms with E-state index in [1.165, 1.54) is 27.8 Å². The van der Waals surface area contributed by atoms with Crippen LogP contribution in [-0.4, -0.2) is 56.9 Å². The highest BCUT2D eigenvalue weighted by Gasteiger charge is 2.17. The summed E-state index contributed by atoms with van der Waals surface area (Å²) < 4.78 is 21.5. The van der Waals surface area contributed by atoms with E-state index in [2.05, 4.69) is 20.2 Å². The predicted octanol–water partition coefficient (Wildman–Crippen LogP) is 2.82. The topological polar surface area (TPSA) is 95.0 Å². The minimum absolute atomic E-state index is 0.188. The highest BCUT2D eigenvalue weighted by Crippen LogP contribution is 2.39. The molecule has 30 heavy (non-hydrogen) atoms. The van der Waals surface area contributed by atoms with Gasteiger partial charge in [0.15, 0.2) is 18.1 Å². The first-order valence-electron chi connectivity index (χ1n) is 9.87. The van der Waals surface area contributed by atoms with Gasteiger partial charge in [-0.2, -0.15) is 4.98 Å². The molecule has 3 rings (SSSR count). The van der Waals surface area contributed by atoms with Crippen molar-refractivity contribution in [3.8, 4) is 23.1 Å². The SMILES string of the molecule is COc1cc(NC(=O)COc2cc(C)nc(N3CCCCC3)n2)cc(OC)c1OC. The zero-order valence-electron chi connectivity index (χ0n) is 17.9. The number of rotatable bonds is 8. The molecular formula is C21H28N4O5. The number of amides is 1. The van der Waals surface area contributed by atoms with Gasteiger partial charge in [0, 0.05) is 42.7 Å². The largest absolute Gasteiger partial charge is 0.493 e. The lowest BCUT2D eigenvalue weighted by Crippen LogP contribution is -2.31. The van der Waals surface area contributed by atoms with Crippen molar-refractivity contribution in [1.82, 2.24) is 9.97 Å². The molecule has 0 atom stereocenters. The lowest BCUT2D eigenvalue weighted by atomic mass is 10.1. The van der Waals surface area contributed by atoms with Gasteiger partial charge < -0.3 is 29.2 Å². The highest BCUT2D eigenvalue weighted by molar-refractivity contribution is 5.92. The van der Waals surface area contributed by atoms with Crippen molar-refractivity contribution in [1.29, 1.82) is 0 Å². The molecule has 1 saturated heterocycles. The maximum Gasteiger partial charge on any atom is 0.262 e. The molecular weight excluding hydrogens is 388 g/mol. The fourth-order valence-electron chi connectivity index (χ4n) is 3.32. The number of carbonyl (C=O) groups excluding carboxylic acids is 1. The molecule has 1 aromatic heterocycles. The lowest BCUT2D eigenvalue weighted by Gasteiger charge is -2.26. The number of hydrogen-bond donors (Lipinski definition) is 1. The number of carbonyl (C=O) groups is 1. The molecule has 0 saturated carbocycles. The van der Waals surface area contributed by atoms with E-state index in [-0.39, 0.29) is 12.5 Å². The Morgan fingerprint density at radius 1 is 1.00 bits per heavy atom. The van der Waals surface area contributed by atoms with Gasteiger partial charge in [-0.3, -0.25) is 4.79 Å². The molecule has 0 bridgehead atoms. The average molecular weight is 416 g/mol. The fourth-order valence-corrected chi connectivity index (χ4v) is 3.32. The molecule has 1 aliphatic rings. The average Bonchev–Trinajstić information content (AvgIpc) is 2.77. The summed E-state index contributed by atoms with van der Waals surface area (Å²) >= 11 is 0. The summed E-state index contributed by atoms with van der Waals surface area (Å²) in [5.74, 6) is 2.05. The van der Waals surface area contributed by atoms with Gasteiger partial charge >= 0.3 is 0 Å². The Hall–Kier alpha value is -3.23. The lowest BCUT2D eigenvalue weighted by molar-refractivity contribution is -0.118. The molecule has 1 N–H and O–H groups in total. The number of aromatic nitrogens is 2. The van der Waals surface area contributed by atoms with Gasteiger partial charge in [-0.1, -0.05) is 0 Å². The maximum atomic E-state index is 12.4. The monoisotopic (exact) mass is 416 g/mol. The molecule has 0 unspecified atom stereocenters. The molecule has 2 heterocycles. The van der Waals surface area contributed by atoms with Crippen LogP contribution in [0.5, 0.6) is 23.1 Å². The first-order valence-corrected chi connectivity index (χ1v) is 9.87. The van der Waals surface area contributed by atoms with Crippen molar-refractivity contribution in [3.05, 3.63) is 23.9 Å². The van der Waals surface area contributed by atoms with E-state index < -0.39 is 0 Å². The van der Waals surface area contributed by atoms with Crippen LogP contribution in [0, 0.1) is 6.92 Å². The number of hydrogen-bond acceptors (Lipinski definition) is 8. The molecule has 9 nitrogen and oxygen atoms in total. The first-order chi connectivity index (χ1) is 14.5. The third kappa shape index (κ3) is 5.22. The van der Waals surface area contributed by atoms with Crippen molar-refractivity contribution >= 4 is 17.5 Å². The van der Waals surface area contributed by atoms with Crippen LogP contribution in [0.2, 0.25) is 0 Å². The molecule has 0 spiro atoms. The number of aryl methyl sites for hydroxylation is 1. The van der Waals surface area contributed by atoms with Crippen LogP contribution in [0.15, 0.2) is 18.2 Å². The molecule has 2 aromatic rings. The first kappa shape index (κ1) is 21.5. The van der Waals surface area contributed by atoms with Gasteiger partial charge in [-0.25, -0.2) is 4.98 Å². The number of benzene rings is 1. The maximum absolute atomic E-state index is 12.4. The third-order valence-corrected chi connectivity index (χ3v) is 4.76. The number of piperidine rings is 1. The van der Waals surface area contributed by atoms with Crippen LogP contribution in [0.25, 0.3) is 0 Å². The minimum atomic E-state index is -0.333. The van der Waals surface area contributed by atoms with E-state index in [1.807, 2.05) is 6.92 Å². The Morgan fingerprint density at radius 2 is 1.67 bits per heavy atom. The molecule has 1 amide bonds. The Bertz CT molecular complexity index is 859. The van der Waals surface area contributed by atoms with Crippen LogP contribution in [0.1, 0.15) is 25.0 Å². The Balaban J connectivity index is 1.65. The van der Waals surface area contributed by atoms with Crippen LogP contribution in [-0.2, 0) is 4.79 Å². The zero-order chi connectivity index (χ0) is 21.5. The van der Waals surface area contributed by atoms with Crippen LogP contribution < -0.4 is 29.2 Å². The molecule has 1 aromatic carbocycles. The van der Waals surface area contributed by atoms with E-state index in [0.717, 1.165) is 31.6 Å². The normalized spacial score (nSPS) is 13.5. The van der Waals surface area contributed by atoms with Gasteiger partial charge in [0.25, 0.3) is 5.91 Å². The zero-order valence-corrected chi connectivity index (χ0v) is 17.9. The van der Waals surface area contributed by atoms with Crippen molar-refractivity contribution in [3.63, 3.8) is 0 Å². The predicted molar refractivity (Wildman–Crippen MR) is 113 cm³/mol. The van der Waals surface area contributed by atoms with Crippen LogP contribution in [0.3, 0.4) is 0 Å². The third-order valence-electron chi connectivity index (χ3n) is 4.76. The van der Waals surface area contributed by atoms with E-state index >= 15 is 0 Å². The van der Waals surface area contributed by atoms with Crippen molar-refractivity contribution in [2.45, 2.75) is 26.2 Å². The molecule has 0 radical (unpaired) electrons. The summed E-state index contributed by atoms with van der Waals surface area (Å²) in [7, 11) is 4.56. The summed E-state index contributed by atoms with van der Waals surface area (Å²) in [6.07, 6.45) is 3.49. The summed E-state index contributed by atoms with van der Waals surface area (Å²) in [6, 6.07) is 5.03. The number of nitrogens with zero attached hydrogens (tertiary/aromatic N) is 3. The van der Waals surface area contributed by atoms with Crippen molar-refractivity contribution in [2.75, 3.05) is 51.2 Å².